The first kappa shape index (κ1) is 26.7. The smallest absolute Gasteiger partial charge is 0.293 e. The Morgan fingerprint density at radius 3 is 2.50 bits per heavy atom. The normalized spacial score (nSPS) is 17.9. The van der Waals surface area contributed by atoms with Crippen molar-refractivity contribution >= 4 is 32.3 Å². The summed E-state index contributed by atoms with van der Waals surface area (Å²) in [7, 11) is -3.90. The Balaban J connectivity index is 1.52. The molecule has 7 nitrogen and oxygen atoms in total. The van der Waals surface area contributed by atoms with E-state index in [2.05, 4.69) is 10.1 Å². The number of hydrogen-bond acceptors (Lipinski definition) is 6. The van der Waals surface area contributed by atoms with Gasteiger partial charge in [0.1, 0.15) is 5.82 Å². The third-order valence-corrected chi connectivity index (χ3v) is 9.40. The van der Waals surface area contributed by atoms with Crippen LogP contribution in [0.3, 0.4) is 0 Å². The van der Waals surface area contributed by atoms with Crippen LogP contribution in [0.2, 0.25) is 0 Å². The van der Waals surface area contributed by atoms with Gasteiger partial charge in [-0.05, 0) is 61.4 Å². The van der Waals surface area contributed by atoms with E-state index in [0.717, 1.165) is 22.0 Å². The molecule has 0 radical (unpaired) electrons. The molecule has 0 unspecified atom stereocenters. The van der Waals surface area contributed by atoms with Crippen molar-refractivity contribution in [3.63, 3.8) is 0 Å². The summed E-state index contributed by atoms with van der Waals surface area (Å²) < 4.78 is 82.4. The number of aryl methyl sites for hydroxylation is 2. The number of halogens is 4. The molecule has 1 atom stereocenters. The Kier molecular flexibility index (Phi) is 7.05. The van der Waals surface area contributed by atoms with Crippen LogP contribution < -0.4 is 0 Å². The van der Waals surface area contributed by atoms with Crippen molar-refractivity contribution < 1.29 is 26.0 Å². The monoisotopic (exact) mass is 567 g/mol. The van der Waals surface area contributed by atoms with Gasteiger partial charge in [-0.2, -0.15) is 22.6 Å². The number of hydrogen-bond donors (Lipinski definition) is 0. The lowest BCUT2D eigenvalue weighted by Crippen LogP contribution is -2.51. The van der Waals surface area contributed by atoms with E-state index in [0.29, 0.717) is 10.7 Å². The van der Waals surface area contributed by atoms with Gasteiger partial charge in [-0.3, -0.25) is 4.90 Å². The molecule has 2 aromatic carbocycles. The molecule has 1 saturated heterocycles. The van der Waals surface area contributed by atoms with Crippen LogP contribution >= 0.6 is 11.3 Å². The Morgan fingerprint density at radius 1 is 1.11 bits per heavy atom. The molecule has 1 aliphatic heterocycles. The van der Waals surface area contributed by atoms with E-state index < -0.39 is 28.7 Å². The lowest BCUT2D eigenvalue weighted by Gasteiger charge is -2.41. The highest BCUT2D eigenvalue weighted by molar-refractivity contribution is 7.89. The average Bonchev–Trinajstić information content (AvgIpc) is 3.48. The number of piperazine rings is 1. The molecule has 0 N–H and O–H groups in total. The van der Waals surface area contributed by atoms with E-state index in [1.807, 2.05) is 19.1 Å². The van der Waals surface area contributed by atoms with Crippen LogP contribution in [0.5, 0.6) is 0 Å². The van der Waals surface area contributed by atoms with Crippen molar-refractivity contribution in [2.24, 2.45) is 0 Å². The zero-order valence-corrected chi connectivity index (χ0v) is 22.2. The van der Waals surface area contributed by atoms with Gasteiger partial charge in [-0.15, -0.1) is 11.3 Å². The molecule has 0 amide bonds. The number of fused-ring (bicyclic) bond motifs is 1. The molecule has 0 aliphatic carbocycles. The van der Waals surface area contributed by atoms with E-state index in [9.17, 15) is 26.0 Å². The minimum absolute atomic E-state index is 0.00475. The first-order valence-electron chi connectivity index (χ1n) is 11.9. The fourth-order valence-electron chi connectivity index (χ4n) is 4.78. The number of nitrogens with zero attached hydrogens (tertiary/aromatic N) is 5. The van der Waals surface area contributed by atoms with Crippen LogP contribution in [0.4, 0.5) is 17.6 Å². The highest BCUT2D eigenvalue weighted by Gasteiger charge is 2.38. The summed E-state index contributed by atoms with van der Waals surface area (Å²) in [6.45, 7) is 3.52. The Hall–Kier alpha value is -2.87. The largest absolute Gasteiger partial charge is 0.390 e. The molecule has 2 aromatic heterocycles. The molecule has 202 valence electrons. The van der Waals surface area contributed by atoms with Crippen LogP contribution in [0.25, 0.3) is 16.6 Å². The van der Waals surface area contributed by atoms with Gasteiger partial charge < -0.3 is 0 Å². The molecular formula is C25H25F4N5O2S2. The van der Waals surface area contributed by atoms with Gasteiger partial charge in [0.15, 0.2) is 5.03 Å². The van der Waals surface area contributed by atoms with Gasteiger partial charge in [0.25, 0.3) is 10.0 Å². The molecule has 1 aliphatic rings. The second kappa shape index (κ2) is 10.0. The number of benzene rings is 2. The van der Waals surface area contributed by atoms with E-state index in [4.69, 9.17) is 0 Å². The summed E-state index contributed by atoms with van der Waals surface area (Å²) in [5.41, 5.74) is 2.92. The number of sulfonamides is 1. The predicted octanol–water partition coefficient (Wildman–Crippen LogP) is 5.24. The van der Waals surface area contributed by atoms with Crippen LogP contribution in [0.15, 0.2) is 53.0 Å². The summed E-state index contributed by atoms with van der Waals surface area (Å²) in [6, 6.07) is 9.01. The summed E-state index contributed by atoms with van der Waals surface area (Å²) in [4.78, 5) is 5.83. The molecule has 38 heavy (non-hydrogen) atoms. The maximum atomic E-state index is 13.4. The van der Waals surface area contributed by atoms with Crippen molar-refractivity contribution in [1.82, 2.24) is 24.0 Å². The molecule has 0 bridgehead atoms. The van der Waals surface area contributed by atoms with Crippen molar-refractivity contribution in [3.8, 4) is 5.69 Å². The van der Waals surface area contributed by atoms with Gasteiger partial charge in [-0.25, -0.2) is 22.5 Å². The van der Waals surface area contributed by atoms with Crippen LogP contribution in [0, 0.1) is 19.7 Å². The van der Waals surface area contributed by atoms with E-state index in [1.165, 1.54) is 33.2 Å². The van der Waals surface area contributed by atoms with Gasteiger partial charge in [0.05, 0.1) is 28.8 Å². The highest BCUT2D eigenvalue weighted by atomic mass is 32.2. The van der Waals surface area contributed by atoms with E-state index >= 15 is 0 Å². The number of thiazole rings is 1. The number of alkyl halides is 3. The lowest BCUT2D eigenvalue weighted by atomic mass is 9.96. The average molecular weight is 568 g/mol. The fourth-order valence-corrected chi connectivity index (χ4v) is 7.12. The minimum Gasteiger partial charge on any atom is -0.293 e. The second-order valence-electron chi connectivity index (χ2n) is 9.29. The summed E-state index contributed by atoms with van der Waals surface area (Å²) >= 11 is 1.23. The standard InChI is InChI=1S/C25H25F4N5O2S2/c1-16-11-22-18(13-30-34(22)20-5-3-19(26)4-6-20)12-21(16)23-14-33(10-9-32(23)8-7-25(27,28)29)38(35,36)24-15-37-17(2)31-24/h3-6,11-13,15,23H,7-10,14H2,1-2H3/t23-/m0/s1. The highest BCUT2D eigenvalue weighted by Crippen LogP contribution is 2.35. The van der Waals surface area contributed by atoms with E-state index in [1.54, 1.807) is 34.8 Å². The molecule has 3 heterocycles. The van der Waals surface area contributed by atoms with Gasteiger partial charge in [-0.1, -0.05) is 0 Å². The first-order valence-corrected chi connectivity index (χ1v) is 14.2. The van der Waals surface area contributed by atoms with Crippen molar-refractivity contribution in [3.05, 3.63) is 69.9 Å². The third-order valence-electron chi connectivity index (χ3n) is 6.72. The van der Waals surface area contributed by atoms with Crippen molar-refractivity contribution in [2.75, 3.05) is 26.2 Å². The SMILES string of the molecule is Cc1nc(S(=O)(=O)N2CCN(CCC(F)(F)F)[C@H](c3cc4cnn(-c5ccc(F)cc5)c4cc3C)C2)cs1. The quantitative estimate of drug-likeness (QED) is 0.298. The molecule has 5 rings (SSSR count). The first-order chi connectivity index (χ1) is 17.9. The number of aromatic nitrogens is 3. The second-order valence-corrected chi connectivity index (χ2v) is 12.2. The number of rotatable bonds is 6. The Morgan fingerprint density at radius 2 is 1.84 bits per heavy atom. The van der Waals surface area contributed by atoms with Crippen LogP contribution in [-0.2, 0) is 10.0 Å². The topological polar surface area (TPSA) is 71.3 Å². The molecule has 0 spiro atoms. The maximum Gasteiger partial charge on any atom is 0.390 e. The Bertz CT molecular complexity index is 1560. The third kappa shape index (κ3) is 5.33. The molecule has 13 heteroatoms. The van der Waals surface area contributed by atoms with Crippen molar-refractivity contribution in [2.45, 2.75) is 37.5 Å². The molecule has 1 fully saturated rings. The predicted molar refractivity (Wildman–Crippen MR) is 136 cm³/mol. The lowest BCUT2D eigenvalue weighted by molar-refractivity contribution is -0.140. The van der Waals surface area contributed by atoms with Crippen molar-refractivity contribution in [1.29, 1.82) is 0 Å². The van der Waals surface area contributed by atoms with Gasteiger partial charge >= 0.3 is 6.18 Å². The van der Waals surface area contributed by atoms with Gasteiger partial charge in [0.2, 0.25) is 0 Å². The molecule has 0 saturated carbocycles. The molecular weight excluding hydrogens is 542 g/mol. The summed E-state index contributed by atoms with van der Waals surface area (Å²) in [5.74, 6) is -0.368. The zero-order chi connectivity index (χ0) is 27.2. The fraction of sp³-hybridized carbons (Fsp3) is 0.360. The Labute approximate surface area is 221 Å². The van der Waals surface area contributed by atoms with Crippen LogP contribution in [0.1, 0.15) is 28.6 Å². The van der Waals surface area contributed by atoms with E-state index in [-0.39, 0.29) is 37.0 Å². The summed E-state index contributed by atoms with van der Waals surface area (Å²) in [5, 5.41) is 7.21. The van der Waals surface area contributed by atoms with Crippen LogP contribution in [-0.4, -0.2) is 64.7 Å². The molecule has 4 aromatic rings. The minimum atomic E-state index is -4.33. The van der Waals surface area contributed by atoms with Gasteiger partial charge in [0, 0.05) is 43.0 Å². The maximum absolute atomic E-state index is 13.4. The summed E-state index contributed by atoms with van der Waals surface area (Å²) in [6.07, 6.45) is -3.69. The zero-order valence-electron chi connectivity index (χ0n) is 20.6.